The molecule has 1 aliphatic rings. The molecule has 1 fully saturated rings. The van der Waals surface area contributed by atoms with Crippen molar-refractivity contribution >= 4 is 44.1 Å². The number of Topliss-reactive ketones (excluding diaryl/α,β-unsaturated/α-hetero) is 1. The molecule has 1 unspecified atom stereocenters. The second kappa shape index (κ2) is 9.47. The first-order chi connectivity index (χ1) is 17.4. The highest BCUT2D eigenvalue weighted by Crippen LogP contribution is 2.45. The van der Waals surface area contributed by atoms with E-state index in [-0.39, 0.29) is 11.3 Å². The molecule has 0 aliphatic carbocycles. The van der Waals surface area contributed by atoms with Crippen LogP contribution in [0.1, 0.15) is 29.7 Å². The number of hydrogen-bond acceptors (Lipinski definition) is 7. The molecule has 182 valence electrons. The van der Waals surface area contributed by atoms with Gasteiger partial charge in [-0.15, -0.1) is 0 Å². The van der Waals surface area contributed by atoms with Crippen molar-refractivity contribution in [3.63, 3.8) is 0 Å². The molecule has 7 nitrogen and oxygen atoms in total. The van der Waals surface area contributed by atoms with Crippen LogP contribution in [0.4, 0.5) is 5.13 Å². The predicted molar refractivity (Wildman–Crippen MR) is 140 cm³/mol. The van der Waals surface area contributed by atoms with E-state index in [9.17, 15) is 14.7 Å². The van der Waals surface area contributed by atoms with E-state index in [0.29, 0.717) is 34.4 Å². The van der Waals surface area contributed by atoms with Crippen molar-refractivity contribution in [3.8, 4) is 11.5 Å². The summed E-state index contributed by atoms with van der Waals surface area (Å²) in [6.45, 7) is 4.31. The maximum absolute atomic E-state index is 13.4. The molecule has 36 heavy (non-hydrogen) atoms. The lowest BCUT2D eigenvalue weighted by Gasteiger charge is -2.24. The second-order valence-electron chi connectivity index (χ2n) is 8.35. The smallest absolute Gasteiger partial charge is 0.301 e. The third-order valence-electron chi connectivity index (χ3n) is 6.03. The quantitative estimate of drug-likeness (QED) is 0.209. The van der Waals surface area contributed by atoms with Gasteiger partial charge in [0.05, 0.1) is 35.5 Å². The normalized spacial score (nSPS) is 17.1. The second-order valence-corrected chi connectivity index (χ2v) is 9.36. The summed E-state index contributed by atoms with van der Waals surface area (Å²) in [5.74, 6) is -0.768. The summed E-state index contributed by atoms with van der Waals surface area (Å²) in [6, 6.07) is 18.9. The van der Waals surface area contributed by atoms with E-state index in [1.165, 1.54) is 23.3 Å². The summed E-state index contributed by atoms with van der Waals surface area (Å²) in [7, 11) is 1.53. The molecule has 1 amide bonds. The molecule has 1 aliphatic heterocycles. The van der Waals surface area contributed by atoms with E-state index in [1.807, 2.05) is 38.1 Å². The van der Waals surface area contributed by atoms with Gasteiger partial charge in [0.2, 0.25) is 0 Å². The summed E-state index contributed by atoms with van der Waals surface area (Å²) >= 11 is 1.33. The fraction of sp³-hybridized carbons (Fsp3) is 0.179. The maximum atomic E-state index is 13.4. The van der Waals surface area contributed by atoms with Gasteiger partial charge in [0.25, 0.3) is 5.78 Å². The van der Waals surface area contributed by atoms with E-state index in [4.69, 9.17) is 9.47 Å². The average molecular weight is 501 g/mol. The number of aliphatic hydroxyl groups excluding tert-OH is 1. The number of benzene rings is 3. The topological polar surface area (TPSA) is 89.0 Å². The zero-order valence-electron chi connectivity index (χ0n) is 20.0. The number of aliphatic hydroxyl groups is 1. The summed E-state index contributed by atoms with van der Waals surface area (Å²) in [5.41, 5.74) is 2.82. The molecule has 1 aromatic heterocycles. The number of hydrogen-bond donors (Lipinski definition) is 1. The van der Waals surface area contributed by atoms with Crippen molar-refractivity contribution in [2.24, 2.45) is 0 Å². The highest BCUT2D eigenvalue weighted by Gasteiger charge is 2.48. The van der Waals surface area contributed by atoms with Crippen LogP contribution in [0.5, 0.6) is 11.5 Å². The molecule has 3 aromatic carbocycles. The van der Waals surface area contributed by atoms with Crippen molar-refractivity contribution in [3.05, 3.63) is 89.0 Å². The Hall–Kier alpha value is -4.17. The first-order valence-electron chi connectivity index (χ1n) is 11.5. The fourth-order valence-corrected chi connectivity index (χ4v) is 5.44. The number of anilines is 1. The van der Waals surface area contributed by atoms with Gasteiger partial charge in [-0.05, 0) is 49.2 Å². The Kier molecular flexibility index (Phi) is 6.20. The molecular formula is C28H24N2O5S. The van der Waals surface area contributed by atoms with Gasteiger partial charge >= 0.3 is 5.91 Å². The molecule has 2 heterocycles. The van der Waals surface area contributed by atoms with Crippen molar-refractivity contribution in [2.45, 2.75) is 19.9 Å². The standard InChI is InChI=1S/C28H24N2O5S/c1-4-35-20-13-11-18(15-21(20)34-3)24-23(25(31)17-8-6-5-7-9-17)26(32)27(33)30(24)28-29-19-12-10-16(2)14-22(19)36-28/h5-15,24,31H,4H2,1-3H3. The Balaban J connectivity index is 1.73. The lowest BCUT2D eigenvalue weighted by Crippen LogP contribution is -2.29. The number of nitrogens with zero attached hydrogens (tertiary/aromatic N) is 2. The van der Waals surface area contributed by atoms with Gasteiger partial charge in [-0.1, -0.05) is 53.8 Å². The van der Waals surface area contributed by atoms with Crippen LogP contribution in [0.15, 0.2) is 72.3 Å². The SMILES string of the molecule is CCOc1ccc(C2C(=C(O)c3ccccc3)C(=O)C(=O)N2c2nc3ccc(C)cc3s2)cc1OC. The lowest BCUT2D eigenvalue weighted by molar-refractivity contribution is -0.132. The Labute approximate surface area is 212 Å². The number of amides is 1. The number of ether oxygens (including phenoxy) is 2. The van der Waals surface area contributed by atoms with E-state index in [2.05, 4.69) is 4.98 Å². The number of aromatic nitrogens is 1. The third kappa shape index (κ3) is 3.99. The monoisotopic (exact) mass is 500 g/mol. The van der Waals surface area contributed by atoms with Crippen LogP contribution in [0.2, 0.25) is 0 Å². The molecular weight excluding hydrogens is 476 g/mol. The molecule has 0 spiro atoms. The number of methoxy groups -OCH3 is 1. The molecule has 4 aromatic rings. The van der Waals surface area contributed by atoms with Crippen LogP contribution in [0, 0.1) is 6.92 Å². The molecule has 1 atom stereocenters. The van der Waals surface area contributed by atoms with Crippen LogP contribution >= 0.6 is 11.3 Å². The summed E-state index contributed by atoms with van der Waals surface area (Å²) in [5, 5.41) is 11.6. The lowest BCUT2D eigenvalue weighted by atomic mass is 9.95. The maximum Gasteiger partial charge on any atom is 0.301 e. The van der Waals surface area contributed by atoms with Crippen LogP contribution in [0.25, 0.3) is 16.0 Å². The van der Waals surface area contributed by atoms with E-state index in [0.717, 1.165) is 15.8 Å². The molecule has 5 rings (SSSR count). The Morgan fingerprint density at radius 3 is 2.56 bits per heavy atom. The minimum Gasteiger partial charge on any atom is -0.507 e. The largest absolute Gasteiger partial charge is 0.507 e. The third-order valence-corrected chi connectivity index (χ3v) is 7.05. The van der Waals surface area contributed by atoms with Crippen LogP contribution < -0.4 is 14.4 Å². The number of thiazole rings is 1. The summed E-state index contributed by atoms with van der Waals surface area (Å²) < 4.78 is 12.1. The minimum atomic E-state index is -0.906. The number of aryl methyl sites for hydroxylation is 1. The first-order valence-corrected chi connectivity index (χ1v) is 12.3. The molecule has 8 heteroatoms. The Bertz CT molecular complexity index is 1510. The number of carbonyl (C=O) groups is 2. The van der Waals surface area contributed by atoms with Gasteiger partial charge < -0.3 is 14.6 Å². The highest BCUT2D eigenvalue weighted by molar-refractivity contribution is 7.22. The fourth-order valence-electron chi connectivity index (χ4n) is 4.35. The van der Waals surface area contributed by atoms with Crippen molar-refractivity contribution in [1.82, 2.24) is 4.98 Å². The van der Waals surface area contributed by atoms with Crippen LogP contribution in [-0.2, 0) is 9.59 Å². The van der Waals surface area contributed by atoms with Gasteiger partial charge in [-0.2, -0.15) is 0 Å². The number of rotatable bonds is 6. The van der Waals surface area contributed by atoms with Gasteiger partial charge in [0, 0.05) is 5.56 Å². The van der Waals surface area contributed by atoms with E-state index < -0.39 is 17.7 Å². The molecule has 1 N–H and O–H groups in total. The molecule has 1 saturated heterocycles. The van der Waals surface area contributed by atoms with Crippen LogP contribution in [-0.4, -0.2) is 35.5 Å². The van der Waals surface area contributed by atoms with Crippen molar-refractivity contribution < 1.29 is 24.2 Å². The zero-order valence-corrected chi connectivity index (χ0v) is 20.8. The Morgan fingerprint density at radius 1 is 1.06 bits per heavy atom. The van der Waals surface area contributed by atoms with Crippen LogP contribution in [0.3, 0.4) is 0 Å². The highest BCUT2D eigenvalue weighted by atomic mass is 32.1. The van der Waals surface area contributed by atoms with Gasteiger partial charge in [-0.3, -0.25) is 14.5 Å². The van der Waals surface area contributed by atoms with E-state index >= 15 is 0 Å². The first kappa shape index (κ1) is 23.6. The molecule has 0 saturated carbocycles. The molecule has 0 bridgehead atoms. The Morgan fingerprint density at radius 2 is 1.83 bits per heavy atom. The van der Waals surface area contributed by atoms with Crippen molar-refractivity contribution in [2.75, 3.05) is 18.6 Å². The van der Waals surface area contributed by atoms with Gasteiger partial charge in [-0.25, -0.2) is 4.98 Å². The minimum absolute atomic E-state index is 0.00662. The number of ketones is 1. The number of fused-ring (bicyclic) bond motifs is 1. The van der Waals surface area contributed by atoms with E-state index in [1.54, 1.807) is 42.5 Å². The van der Waals surface area contributed by atoms with Gasteiger partial charge in [0.15, 0.2) is 16.6 Å². The summed E-state index contributed by atoms with van der Waals surface area (Å²) in [4.78, 5) is 32.9. The number of carbonyl (C=O) groups excluding carboxylic acids is 2. The van der Waals surface area contributed by atoms with Gasteiger partial charge in [0.1, 0.15) is 5.76 Å². The predicted octanol–water partition coefficient (Wildman–Crippen LogP) is 5.64. The zero-order chi connectivity index (χ0) is 25.4. The molecule has 0 radical (unpaired) electrons. The average Bonchev–Trinajstić information content (AvgIpc) is 3.42. The van der Waals surface area contributed by atoms with Crippen molar-refractivity contribution in [1.29, 1.82) is 0 Å². The summed E-state index contributed by atoms with van der Waals surface area (Å²) in [6.07, 6.45) is 0.